The molecule has 0 saturated heterocycles. The maximum absolute atomic E-state index is 12.7. The van der Waals surface area contributed by atoms with E-state index in [0.717, 1.165) is 18.2 Å². The molecule has 118 valence electrons. The van der Waals surface area contributed by atoms with Gasteiger partial charge in [-0.25, -0.2) is 0 Å². The third-order valence-electron chi connectivity index (χ3n) is 3.05. The molecule has 0 spiro atoms. The van der Waals surface area contributed by atoms with Crippen LogP contribution in [-0.4, -0.2) is 35.1 Å². The van der Waals surface area contributed by atoms with Gasteiger partial charge in [-0.15, -0.1) is 0 Å². The van der Waals surface area contributed by atoms with E-state index in [2.05, 4.69) is 0 Å². The number of benzene rings is 1. The average Bonchev–Trinajstić information content (AvgIpc) is 2.37. The number of amides is 1. The lowest BCUT2D eigenvalue weighted by molar-refractivity contribution is -0.137. The van der Waals surface area contributed by atoms with E-state index >= 15 is 0 Å². The minimum Gasteiger partial charge on any atom is -0.398 e. The van der Waals surface area contributed by atoms with Gasteiger partial charge in [-0.2, -0.15) is 13.2 Å². The number of carbonyl (C=O) groups excluding carboxylic acids is 1. The summed E-state index contributed by atoms with van der Waals surface area (Å²) in [5, 5.41) is 8.84. The third kappa shape index (κ3) is 4.35. The van der Waals surface area contributed by atoms with E-state index in [0.29, 0.717) is 6.42 Å². The maximum atomic E-state index is 12.7. The van der Waals surface area contributed by atoms with Gasteiger partial charge in [0.15, 0.2) is 0 Å². The zero-order valence-electron chi connectivity index (χ0n) is 11.9. The molecule has 1 aromatic rings. The molecule has 0 saturated carbocycles. The molecule has 0 atom stereocenters. The Bertz CT molecular complexity index is 501. The normalized spacial score (nSPS) is 11.8. The van der Waals surface area contributed by atoms with Crippen molar-refractivity contribution < 1.29 is 23.1 Å². The molecule has 0 aliphatic rings. The van der Waals surface area contributed by atoms with Crippen LogP contribution in [-0.2, 0) is 6.18 Å². The van der Waals surface area contributed by atoms with Gasteiger partial charge in [-0.1, -0.05) is 0 Å². The topological polar surface area (TPSA) is 66.6 Å². The smallest absolute Gasteiger partial charge is 0.398 e. The first-order valence-electron chi connectivity index (χ1n) is 6.57. The zero-order chi connectivity index (χ0) is 16.2. The van der Waals surface area contributed by atoms with Crippen molar-refractivity contribution in [1.82, 2.24) is 4.90 Å². The SMILES string of the molecule is CC(C)N(CCCO)C(=O)c1cc(C(F)(F)F)ccc1N. The van der Waals surface area contributed by atoms with Crippen LogP contribution in [0.5, 0.6) is 0 Å². The van der Waals surface area contributed by atoms with E-state index in [4.69, 9.17) is 10.8 Å². The van der Waals surface area contributed by atoms with Gasteiger partial charge in [0.05, 0.1) is 11.1 Å². The van der Waals surface area contributed by atoms with Gasteiger partial charge in [-0.3, -0.25) is 4.79 Å². The van der Waals surface area contributed by atoms with Crippen LogP contribution < -0.4 is 5.73 Å². The Kier molecular flexibility index (Phi) is 5.60. The van der Waals surface area contributed by atoms with Crippen LogP contribution in [0.1, 0.15) is 36.2 Å². The molecule has 0 heterocycles. The van der Waals surface area contributed by atoms with E-state index < -0.39 is 17.6 Å². The van der Waals surface area contributed by atoms with Crippen molar-refractivity contribution in [2.75, 3.05) is 18.9 Å². The highest BCUT2D eigenvalue weighted by atomic mass is 19.4. The fourth-order valence-corrected chi connectivity index (χ4v) is 1.91. The Morgan fingerprint density at radius 1 is 1.38 bits per heavy atom. The number of carbonyl (C=O) groups is 1. The highest BCUT2D eigenvalue weighted by Gasteiger charge is 2.32. The van der Waals surface area contributed by atoms with Crippen LogP contribution in [0.3, 0.4) is 0 Å². The van der Waals surface area contributed by atoms with Crippen molar-refractivity contribution in [3.8, 4) is 0 Å². The second-order valence-electron chi connectivity index (χ2n) is 4.97. The molecule has 0 bridgehead atoms. The van der Waals surface area contributed by atoms with Crippen molar-refractivity contribution in [3.63, 3.8) is 0 Å². The van der Waals surface area contributed by atoms with E-state index in [-0.39, 0.29) is 30.4 Å². The van der Waals surface area contributed by atoms with E-state index in [1.807, 2.05) is 0 Å². The van der Waals surface area contributed by atoms with Gasteiger partial charge in [0.1, 0.15) is 0 Å². The Labute approximate surface area is 121 Å². The molecular weight excluding hydrogens is 285 g/mol. The lowest BCUT2D eigenvalue weighted by Crippen LogP contribution is -2.38. The monoisotopic (exact) mass is 304 g/mol. The van der Waals surface area contributed by atoms with E-state index in [9.17, 15) is 18.0 Å². The van der Waals surface area contributed by atoms with Gasteiger partial charge in [-0.05, 0) is 38.5 Å². The quantitative estimate of drug-likeness (QED) is 0.821. The fourth-order valence-electron chi connectivity index (χ4n) is 1.91. The molecule has 4 nitrogen and oxygen atoms in total. The predicted molar refractivity (Wildman–Crippen MR) is 73.7 cm³/mol. The summed E-state index contributed by atoms with van der Waals surface area (Å²) < 4.78 is 38.2. The van der Waals surface area contributed by atoms with Crippen molar-refractivity contribution in [3.05, 3.63) is 29.3 Å². The van der Waals surface area contributed by atoms with E-state index in [1.165, 1.54) is 4.90 Å². The minimum atomic E-state index is -4.53. The lowest BCUT2D eigenvalue weighted by atomic mass is 10.1. The lowest BCUT2D eigenvalue weighted by Gasteiger charge is -2.27. The summed E-state index contributed by atoms with van der Waals surface area (Å²) in [6, 6.07) is 2.49. The number of aliphatic hydroxyl groups is 1. The predicted octanol–water partition coefficient (Wildman–Crippen LogP) is 2.52. The number of rotatable bonds is 5. The zero-order valence-corrected chi connectivity index (χ0v) is 11.9. The molecule has 3 N–H and O–H groups in total. The summed E-state index contributed by atoms with van der Waals surface area (Å²) in [6.07, 6.45) is -4.18. The third-order valence-corrected chi connectivity index (χ3v) is 3.05. The molecule has 7 heteroatoms. The van der Waals surface area contributed by atoms with Crippen LogP contribution in [0.2, 0.25) is 0 Å². The number of hydrogen-bond donors (Lipinski definition) is 2. The van der Waals surface area contributed by atoms with E-state index in [1.54, 1.807) is 13.8 Å². The average molecular weight is 304 g/mol. The van der Waals surface area contributed by atoms with Crippen LogP contribution in [0.15, 0.2) is 18.2 Å². The molecule has 0 fully saturated rings. The van der Waals surface area contributed by atoms with Crippen LogP contribution in [0, 0.1) is 0 Å². The highest BCUT2D eigenvalue weighted by Crippen LogP contribution is 2.31. The number of anilines is 1. The summed E-state index contributed by atoms with van der Waals surface area (Å²) in [5.74, 6) is -0.568. The number of hydrogen-bond acceptors (Lipinski definition) is 3. The van der Waals surface area contributed by atoms with Crippen molar-refractivity contribution in [2.45, 2.75) is 32.5 Å². The standard InChI is InChI=1S/C14H19F3N2O2/c1-9(2)19(6-3-7-20)13(21)11-8-10(14(15,16)17)4-5-12(11)18/h4-5,8-9,20H,3,6-7,18H2,1-2H3. The molecule has 1 amide bonds. The van der Waals surface area contributed by atoms with Crippen LogP contribution in [0.25, 0.3) is 0 Å². The largest absolute Gasteiger partial charge is 0.416 e. The van der Waals surface area contributed by atoms with Gasteiger partial charge < -0.3 is 15.7 Å². The summed E-state index contributed by atoms with van der Waals surface area (Å²) in [7, 11) is 0. The van der Waals surface area contributed by atoms with Gasteiger partial charge in [0.2, 0.25) is 0 Å². The first-order chi connectivity index (χ1) is 9.68. The van der Waals surface area contributed by atoms with Crippen molar-refractivity contribution in [2.24, 2.45) is 0 Å². The maximum Gasteiger partial charge on any atom is 0.416 e. The molecule has 0 radical (unpaired) electrons. The summed E-state index contributed by atoms with van der Waals surface area (Å²) in [4.78, 5) is 13.8. The number of aliphatic hydroxyl groups excluding tert-OH is 1. The highest BCUT2D eigenvalue weighted by molar-refractivity contribution is 5.99. The Balaban J connectivity index is 3.15. The number of nitrogens with zero attached hydrogens (tertiary/aromatic N) is 1. The summed E-state index contributed by atoms with van der Waals surface area (Å²) in [6.45, 7) is 3.65. The Morgan fingerprint density at radius 2 is 2.00 bits per heavy atom. The Hall–Kier alpha value is -1.76. The molecule has 21 heavy (non-hydrogen) atoms. The second kappa shape index (κ2) is 6.80. The molecule has 0 unspecified atom stereocenters. The minimum absolute atomic E-state index is 0.00245. The van der Waals surface area contributed by atoms with Gasteiger partial charge in [0.25, 0.3) is 5.91 Å². The number of alkyl halides is 3. The number of halogens is 3. The van der Waals surface area contributed by atoms with Crippen molar-refractivity contribution >= 4 is 11.6 Å². The summed E-state index contributed by atoms with van der Waals surface area (Å²) >= 11 is 0. The van der Waals surface area contributed by atoms with Crippen LogP contribution >= 0.6 is 0 Å². The van der Waals surface area contributed by atoms with Crippen molar-refractivity contribution in [1.29, 1.82) is 0 Å². The van der Waals surface area contributed by atoms with Gasteiger partial charge >= 0.3 is 6.18 Å². The number of nitrogens with two attached hydrogens (primary N) is 1. The molecule has 0 aliphatic carbocycles. The molecule has 1 aromatic carbocycles. The molecule has 0 aliphatic heterocycles. The molecule has 0 aromatic heterocycles. The first kappa shape index (κ1) is 17.3. The van der Waals surface area contributed by atoms with Crippen LogP contribution in [0.4, 0.5) is 18.9 Å². The Morgan fingerprint density at radius 3 is 2.48 bits per heavy atom. The number of nitrogen functional groups attached to an aromatic ring is 1. The first-order valence-corrected chi connectivity index (χ1v) is 6.57. The molecule has 1 rings (SSSR count). The second-order valence-corrected chi connectivity index (χ2v) is 4.97. The summed E-state index contributed by atoms with van der Waals surface area (Å²) in [5.41, 5.74) is 4.56. The molecular formula is C14H19F3N2O2. The fraction of sp³-hybridized carbons (Fsp3) is 0.500. The van der Waals surface area contributed by atoms with Gasteiger partial charge in [0, 0.05) is 24.9 Å².